The Bertz CT molecular complexity index is 611. The molecule has 0 saturated heterocycles. The average molecular weight is 329 g/mol. The third-order valence-electron chi connectivity index (χ3n) is 3.71. The highest BCUT2D eigenvalue weighted by Gasteiger charge is 2.10. The van der Waals surface area contributed by atoms with E-state index in [9.17, 15) is 0 Å². The van der Waals surface area contributed by atoms with Gasteiger partial charge in [0.1, 0.15) is 19.0 Å². The van der Waals surface area contributed by atoms with Crippen molar-refractivity contribution in [3.8, 4) is 17.2 Å². The molecule has 2 aromatic carbocycles. The molecule has 0 amide bonds. The summed E-state index contributed by atoms with van der Waals surface area (Å²) in [7, 11) is 3.56. The molecular weight excluding hydrogens is 302 g/mol. The van der Waals surface area contributed by atoms with Gasteiger partial charge in [-0.2, -0.15) is 0 Å². The summed E-state index contributed by atoms with van der Waals surface area (Å²) < 4.78 is 17.0. The molecule has 0 aliphatic rings. The zero-order valence-electron chi connectivity index (χ0n) is 14.8. The molecule has 0 bridgehead atoms. The molecule has 0 heterocycles. The number of nitrogens with one attached hydrogen (secondary N) is 1. The van der Waals surface area contributed by atoms with E-state index in [2.05, 4.69) is 24.4 Å². The second kappa shape index (κ2) is 9.83. The fraction of sp³-hybridized carbons (Fsp3) is 0.400. The second-order valence-electron chi connectivity index (χ2n) is 5.57. The number of ether oxygens (including phenoxy) is 3. The largest absolute Gasteiger partial charge is 0.493 e. The summed E-state index contributed by atoms with van der Waals surface area (Å²) in [4.78, 5) is 0. The predicted molar refractivity (Wildman–Crippen MR) is 97.2 cm³/mol. The Morgan fingerprint density at radius 2 is 1.71 bits per heavy atom. The molecule has 2 aromatic rings. The molecule has 1 N–H and O–H groups in total. The van der Waals surface area contributed by atoms with Gasteiger partial charge < -0.3 is 19.5 Å². The summed E-state index contributed by atoms with van der Waals surface area (Å²) in [6, 6.07) is 14.2. The first-order chi connectivity index (χ1) is 11.8. The van der Waals surface area contributed by atoms with Gasteiger partial charge in [0.15, 0.2) is 11.5 Å². The number of hydrogen-bond donors (Lipinski definition) is 1. The van der Waals surface area contributed by atoms with E-state index in [1.54, 1.807) is 7.11 Å². The third kappa shape index (κ3) is 5.17. The first kappa shape index (κ1) is 18.1. The van der Waals surface area contributed by atoms with E-state index in [1.165, 1.54) is 5.56 Å². The lowest BCUT2D eigenvalue weighted by molar-refractivity contribution is 0.209. The summed E-state index contributed by atoms with van der Waals surface area (Å²) in [5, 5.41) is 3.14. The zero-order valence-corrected chi connectivity index (χ0v) is 14.8. The van der Waals surface area contributed by atoms with Gasteiger partial charge in [-0.25, -0.2) is 0 Å². The van der Waals surface area contributed by atoms with Gasteiger partial charge in [0.25, 0.3) is 0 Å². The van der Waals surface area contributed by atoms with Gasteiger partial charge in [-0.05, 0) is 37.2 Å². The molecule has 0 aliphatic heterocycles. The molecule has 0 aromatic heterocycles. The van der Waals surface area contributed by atoms with E-state index >= 15 is 0 Å². The number of aryl methyl sites for hydroxylation is 1. The van der Waals surface area contributed by atoms with Crippen molar-refractivity contribution in [2.75, 3.05) is 27.4 Å². The molecule has 0 fully saturated rings. The van der Waals surface area contributed by atoms with Crippen molar-refractivity contribution in [2.45, 2.75) is 26.3 Å². The monoisotopic (exact) mass is 329 g/mol. The molecule has 0 saturated carbocycles. The van der Waals surface area contributed by atoms with Crippen LogP contribution in [0.5, 0.6) is 17.2 Å². The van der Waals surface area contributed by atoms with Crippen LogP contribution in [-0.2, 0) is 13.0 Å². The SMILES string of the molecule is CCCc1ccc(OCCOc2c(CNC)cccc2OC)cc1. The molecular formula is C20H27NO3. The Morgan fingerprint density at radius 3 is 2.38 bits per heavy atom. The summed E-state index contributed by atoms with van der Waals surface area (Å²) in [5.41, 5.74) is 2.41. The van der Waals surface area contributed by atoms with Crippen LogP contribution >= 0.6 is 0 Å². The van der Waals surface area contributed by atoms with Gasteiger partial charge in [-0.3, -0.25) is 0 Å². The summed E-state index contributed by atoms with van der Waals surface area (Å²) in [6.45, 7) is 3.87. The molecule has 24 heavy (non-hydrogen) atoms. The molecule has 4 nitrogen and oxygen atoms in total. The average Bonchev–Trinajstić information content (AvgIpc) is 2.61. The minimum atomic E-state index is 0.466. The van der Waals surface area contributed by atoms with Crippen molar-refractivity contribution in [1.82, 2.24) is 5.32 Å². The van der Waals surface area contributed by atoms with Gasteiger partial charge in [-0.1, -0.05) is 37.6 Å². The number of para-hydroxylation sites is 1. The van der Waals surface area contributed by atoms with Crippen LogP contribution in [0.15, 0.2) is 42.5 Å². The van der Waals surface area contributed by atoms with Crippen molar-refractivity contribution in [3.63, 3.8) is 0 Å². The van der Waals surface area contributed by atoms with Crippen molar-refractivity contribution in [2.24, 2.45) is 0 Å². The van der Waals surface area contributed by atoms with Gasteiger partial charge in [0.2, 0.25) is 0 Å². The van der Waals surface area contributed by atoms with Crippen LogP contribution < -0.4 is 19.5 Å². The van der Waals surface area contributed by atoms with Gasteiger partial charge in [-0.15, -0.1) is 0 Å². The standard InChI is InChI=1S/C20H27NO3/c1-4-6-16-9-11-18(12-10-16)23-13-14-24-20-17(15-21-2)7-5-8-19(20)22-3/h5,7-12,21H,4,6,13-15H2,1-3H3. The van der Waals surface area contributed by atoms with E-state index in [0.29, 0.717) is 13.2 Å². The third-order valence-corrected chi connectivity index (χ3v) is 3.71. The number of benzene rings is 2. The Labute approximate surface area is 144 Å². The van der Waals surface area contributed by atoms with Crippen LogP contribution in [0.3, 0.4) is 0 Å². The van der Waals surface area contributed by atoms with Crippen molar-refractivity contribution < 1.29 is 14.2 Å². The lowest BCUT2D eigenvalue weighted by Gasteiger charge is -2.15. The van der Waals surface area contributed by atoms with Gasteiger partial charge in [0.05, 0.1) is 7.11 Å². The molecule has 0 unspecified atom stereocenters. The zero-order chi connectivity index (χ0) is 17.2. The Kier molecular flexibility index (Phi) is 7.43. The molecule has 130 valence electrons. The molecule has 0 atom stereocenters. The minimum Gasteiger partial charge on any atom is -0.493 e. The molecule has 0 aliphatic carbocycles. The quantitative estimate of drug-likeness (QED) is 0.673. The topological polar surface area (TPSA) is 39.7 Å². The second-order valence-corrected chi connectivity index (χ2v) is 5.57. The maximum absolute atomic E-state index is 5.91. The van der Waals surface area contributed by atoms with Crippen LogP contribution in [0.4, 0.5) is 0 Å². The highest BCUT2D eigenvalue weighted by Crippen LogP contribution is 2.31. The van der Waals surface area contributed by atoms with Crippen LogP contribution in [0, 0.1) is 0 Å². The van der Waals surface area contributed by atoms with Crippen molar-refractivity contribution >= 4 is 0 Å². The normalized spacial score (nSPS) is 10.5. The van der Waals surface area contributed by atoms with Crippen LogP contribution in [0.2, 0.25) is 0 Å². The Balaban J connectivity index is 1.87. The van der Waals surface area contributed by atoms with Crippen LogP contribution in [-0.4, -0.2) is 27.4 Å². The lowest BCUT2D eigenvalue weighted by Crippen LogP contribution is -2.13. The lowest BCUT2D eigenvalue weighted by atomic mass is 10.1. The van der Waals surface area contributed by atoms with E-state index in [0.717, 1.165) is 42.2 Å². The first-order valence-corrected chi connectivity index (χ1v) is 8.43. The fourth-order valence-electron chi connectivity index (χ4n) is 2.56. The molecule has 2 rings (SSSR count). The number of rotatable bonds is 10. The van der Waals surface area contributed by atoms with E-state index in [4.69, 9.17) is 14.2 Å². The van der Waals surface area contributed by atoms with Gasteiger partial charge in [0, 0.05) is 12.1 Å². The first-order valence-electron chi connectivity index (χ1n) is 8.43. The van der Waals surface area contributed by atoms with Crippen molar-refractivity contribution in [1.29, 1.82) is 0 Å². The van der Waals surface area contributed by atoms with Crippen molar-refractivity contribution in [3.05, 3.63) is 53.6 Å². The predicted octanol–water partition coefficient (Wildman–Crippen LogP) is 3.82. The summed E-state index contributed by atoms with van der Waals surface area (Å²) in [6.07, 6.45) is 2.26. The van der Waals surface area contributed by atoms with Crippen LogP contribution in [0.25, 0.3) is 0 Å². The molecule has 0 spiro atoms. The minimum absolute atomic E-state index is 0.466. The van der Waals surface area contributed by atoms with Crippen LogP contribution in [0.1, 0.15) is 24.5 Å². The summed E-state index contributed by atoms with van der Waals surface area (Å²) in [5.74, 6) is 2.39. The highest BCUT2D eigenvalue weighted by molar-refractivity contribution is 5.46. The summed E-state index contributed by atoms with van der Waals surface area (Å²) >= 11 is 0. The molecule has 0 radical (unpaired) electrons. The van der Waals surface area contributed by atoms with E-state index in [-0.39, 0.29) is 0 Å². The Morgan fingerprint density at radius 1 is 0.958 bits per heavy atom. The smallest absolute Gasteiger partial charge is 0.165 e. The fourth-order valence-corrected chi connectivity index (χ4v) is 2.56. The van der Waals surface area contributed by atoms with Gasteiger partial charge >= 0.3 is 0 Å². The Hall–Kier alpha value is -2.20. The molecule has 4 heteroatoms. The number of hydrogen-bond acceptors (Lipinski definition) is 4. The highest BCUT2D eigenvalue weighted by atomic mass is 16.5. The maximum Gasteiger partial charge on any atom is 0.165 e. The number of methoxy groups -OCH3 is 1. The van der Waals surface area contributed by atoms with E-state index in [1.807, 2.05) is 37.4 Å². The maximum atomic E-state index is 5.91. The van der Waals surface area contributed by atoms with E-state index < -0.39 is 0 Å².